The molecule has 0 unspecified atom stereocenters. The van der Waals surface area contributed by atoms with E-state index >= 15 is 0 Å². The van der Waals surface area contributed by atoms with E-state index in [0.29, 0.717) is 29.8 Å². The number of nitrogens with two attached hydrogens (primary N) is 1. The average molecular weight is 760 g/mol. The summed E-state index contributed by atoms with van der Waals surface area (Å²) in [5.74, 6) is -2.80. The minimum Gasteiger partial charge on any atom is -0.450 e. The summed E-state index contributed by atoms with van der Waals surface area (Å²) in [5, 5.41) is 35.6. The molecule has 4 rings (SSSR count). The van der Waals surface area contributed by atoms with E-state index in [-0.39, 0.29) is 31.0 Å². The number of hydrogen-bond donors (Lipinski definition) is 7. The molecule has 0 saturated carbocycles. The van der Waals surface area contributed by atoms with E-state index in [2.05, 4.69) is 21.3 Å². The zero-order chi connectivity index (χ0) is 40.7. The molecule has 8 N–H and O–H groups in total. The molecule has 0 saturated heterocycles. The Labute approximate surface area is 314 Å². The van der Waals surface area contributed by atoms with Gasteiger partial charge >= 0.3 is 12.2 Å². The van der Waals surface area contributed by atoms with Crippen molar-refractivity contribution in [2.75, 3.05) is 16.8 Å². The van der Waals surface area contributed by atoms with Crippen LogP contribution in [0.25, 0.3) is 0 Å². The normalized spacial score (nSPS) is 12.9. The highest BCUT2D eigenvalue weighted by atomic mass is 16.6. The first-order valence-electron chi connectivity index (χ1n) is 16.9. The van der Waals surface area contributed by atoms with Gasteiger partial charge in [0.15, 0.2) is 0 Å². The molecule has 1 heterocycles. The number of hydrogen-bond acceptors (Lipinski definition) is 9. The quantitative estimate of drug-likeness (QED) is 0.0482. The van der Waals surface area contributed by atoms with Crippen molar-refractivity contribution in [2.45, 2.75) is 51.6 Å². The van der Waals surface area contributed by atoms with Gasteiger partial charge in [0, 0.05) is 36.5 Å². The van der Waals surface area contributed by atoms with Gasteiger partial charge in [-0.2, -0.15) is 0 Å². The lowest BCUT2D eigenvalue weighted by Gasteiger charge is -2.25. The third-order valence-electron chi connectivity index (χ3n) is 8.01. The van der Waals surface area contributed by atoms with E-state index in [1.807, 2.05) is 12.1 Å². The molecular formula is C37H41N7O11. The van der Waals surface area contributed by atoms with Gasteiger partial charge in [0.2, 0.25) is 17.7 Å². The fraction of sp³-hybridized carbons (Fsp3) is 0.270. The Balaban J connectivity index is 0.00000193. The zero-order valence-electron chi connectivity index (χ0n) is 29.9. The lowest BCUT2D eigenvalue weighted by molar-refractivity contribution is -0.384. The second-order valence-electron chi connectivity index (χ2n) is 12.5. The van der Waals surface area contributed by atoms with Crippen molar-refractivity contribution in [3.8, 4) is 0 Å². The molecule has 18 heteroatoms. The number of benzene rings is 3. The summed E-state index contributed by atoms with van der Waals surface area (Å²) in [7, 11) is 0. The van der Waals surface area contributed by atoms with Crippen LogP contribution in [0.2, 0.25) is 0 Å². The number of amides is 7. The van der Waals surface area contributed by atoms with Crippen molar-refractivity contribution < 1.29 is 48.7 Å². The molecule has 0 spiro atoms. The number of anilines is 2. The number of non-ortho nitro benzene ring substituents is 1. The Kier molecular flexibility index (Phi) is 15.5. The van der Waals surface area contributed by atoms with Gasteiger partial charge in [0.25, 0.3) is 17.5 Å². The van der Waals surface area contributed by atoms with Crippen LogP contribution in [0.1, 0.15) is 43.4 Å². The van der Waals surface area contributed by atoms with Crippen molar-refractivity contribution in [3.05, 3.63) is 112 Å². The SMILES string of the molecule is CC(C)[C@H](NC(=O)Cc1ccc(N2C(=O)C=CC2=O)cc1)C(=O)N[C@@H](CCCNC(N)=O)C(=O)Nc1ccc(Cc2ccc([N+](=O)[O-])cc2)cc1.O=C(O)O. The Morgan fingerprint density at radius 1 is 0.800 bits per heavy atom. The summed E-state index contributed by atoms with van der Waals surface area (Å²) >= 11 is 0. The molecule has 0 fully saturated rings. The Morgan fingerprint density at radius 3 is 1.84 bits per heavy atom. The monoisotopic (exact) mass is 759 g/mol. The third kappa shape index (κ3) is 13.8. The largest absolute Gasteiger partial charge is 0.503 e. The van der Waals surface area contributed by atoms with Gasteiger partial charge in [-0.25, -0.2) is 14.5 Å². The van der Waals surface area contributed by atoms with Crippen molar-refractivity contribution in [1.82, 2.24) is 16.0 Å². The number of carbonyl (C=O) groups is 7. The second-order valence-corrected chi connectivity index (χ2v) is 12.5. The number of carboxylic acid groups (broad SMARTS) is 2. The molecule has 2 atom stereocenters. The van der Waals surface area contributed by atoms with Gasteiger partial charge in [-0.1, -0.05) is 50.2 Å². The molecule has 0 bridgehead atoms. The van der Waals surface area contributed by atoms with Gasteiger partial charge in [0.05, 0.1) is 17.0 Å². The first kappa shape index (κ1) is 42.3. The van der Waals surface area contributed by atoms with E-state index in [0.717, 1.165) is 16.0 Å². The average Bonchev–Trinajstić information content (AvgIpc) is 3.46. The summed E-state index contributed by atoms with van der Waals surface area (Å²) in [4.78, 5) is 95.0. The van der Waals surface area contributed by atoms with Gasteiger partial charge in [0.1, 0.15) is 12.1 Å². The predicted octanol–water partition coefficient (Wildman–Crippen LogP) is 3.09. The molecule has 3 aromatic rings. The van der Waals surface area contributed by atoms with Crippen molar-refractivity contribution >= 4 is 58.8 Å². The summed E-state index contributed by atoms with van der Waals surface area (Å²) in [5.41, 5.74) is 8.36. The maximum atomic E-state index is 13.5. The number of nitro benzene ring substituents is 1. The third-order valence-corrected chi connectivity index (χ3v) is 8.01. The number of rotatable bonds is 16. The van der Waals surface area contributed by atoms with E-state index in [1.54, 1.807) is 62.4 Å². The molecule has 1 aliphatic heterocycles. The van der Waals surface area contributed by atoms with Crippen LogP contribution < -0.4 is 31.9 Å². The number of nitrogens with zero attached hydrogens (tertiary/aromatic N) is 2. The molecule has 18 nitrogen and oxygen atoms in total. The van der Waals surface area contributed by atoms with Crippen molar-refractivity contribution in [1.29, 1.82) is 0 Å². The van der Waals surface area contributed by atoms with E-state index in [4.69, 9.17) is 20.7 Å². The molecular weight excluding hydrogens is 718 g/mol. The Hall–Kier alpha value is -7.11. The van der Waals surface area contributed by atoms with Crippen LogP contribution in [-0.4, -0.2) is 75.5 Å². The molecule has 0 radical (unpaired) electrons. The highest BCUT2D eigenvalue weighted by Gasteiger charge is 2.29. The highest BCUT2D eigenvalue weighted by Crippen LogP contribution is 2.20. The van der Waals surface area contributed by atoms with E-state index in [1.165, 1.54) is 24.3 Å². The van der Waals surface area contributed by atoms with Gasteiger partial charge in [-0.05, 0) is 66.1 Å². The highest BCUT2D eigenvalue weighted by molar-refractivity contribution is 6.28. The Morgan fingerprint density at radius 2 is 1.33 bits per heavy atom. The molecule has 7 amide bonds. The van der Waals surface area contributed by atoms with Gasteiger partial charge in [-0.3, -0.25) is 34.1 Å². The van der Waals surface area contributed by atoms with Gasteiger partial charge in [-0.15, -0.1) is 0 Å². The maximum Gasteiger partial charge on any atom is 0.503 e. The van der Waals surface area contributed by atoms with Crippen LogP contribution in [0.15, 0.2) is 84.9 Å². The molecule has 55 heavy (non-hydrogen) atoms. The zero-order valence-corrected chi connectivity index (χ0v) is 29.9. The van der Waals surface area contributed by atoms with Crippen LogP contribution in [0.3, 0.4) is 0 Å². The van der Waals surface area contributed by atoms with E-state index in [9.17, 15) is 38.9 Å². The van der Waals surface area contributed by atoms with Crippen LogP contribution >= 0.6 is 0 Å². The topological polar surface area (TPSA) is 280 Å². The lowest BCUT2D eigenvalue weighted by atomic mass is 10.0. The molecule has 0 aromatic heterocycles. The fourth-order valence-corrected chi connectivity index (χ4v) is 5.32. The van der Waals surface area contributed by atoms with Crippen LogP contribution in [0, 0.1) is 16.0 Å². The molecule has 290 valence electrons. The maximum absolute atomic E-state index is 13.5. The van der Waals surface area contributed by atoms with Crippen LogP contribution in [-0.2, 0) is 36.8 Å². The summed E-state index contributed by atoms with van der Waals surface area (Å²) in [6.07, 6.45) is 1.42. The number of nitro groups is 1. The Bertz CT molecular complexity index is 1890. The van der Waals surface area contributed by atoms with Gasteiger partial charge < -0.3 is 37.2 Å². The van der Waals surface area contributed by atoms with Crippen LogP contribution in [0.4, 0.5) is 26.7 Å². The van der Waals surface area contributed by atoms with Crippen molar-refractivity contribution in [2.24, 2.45) is 11.7 Å². The minimum atomic E-state index is -1.83. The smallest absolute Gasteiger partial charge is 0.450 e. The number of imide groups is 1. The first-order chi connectivity index (χ1) is 26.0. The standard InChI is InChI=1S/C36H39N7O8.CH2O3/c1-22(2)33(41-30(44)21-25-7-13-27(14-8-25)42-31(45)17-18-32(42)46)35(48)40-29(4-3-19-38-36(37)49)34(47)39-26-11-5-23(6-12-26)20-24-9-15-28(16-10-24)43(50)51;2-1(3)4/h5-18,22,29,33H,3-4,19-21H2,1-2H3,(H,39,47)(H,40,48)(H,41,44)(H3,37,38,49);(H2,2,3,4)/t29-,33-;/m0./s1. The number of nitrogens with one attached hydrogen (secondary N) is 4. The molecule has 3 aromatic carbocycles. The summed E-state index contributed by atoms with van der Waals surface area (Å²) in [6.45, 7) is 3.68. The lowest BCUT2D eigenvalue weighted by Crippen LogP contribution is -2.54. The number of primary amides is 1. The first-order valence-corrected chi connectivity index (χ1v) is 16.9. The second kappa shape index (κ2) is 20.2. The number of carbonyl (C=O) groups excluding carboxylic acids is 6. The summed E-state index contributed by atoms with van der Waals surface area (Å²) < 4.78 is 0. The van der Waals surface area contributed by atoms with E-state index < -0.39 is 58.7 Å². The molecule has 0 aliphatic carbocycles. The summed E-state index contributed by atoms with van der Waals surface area (Å²) in [6, 6.07) is 16.9. The molecule has 1 aliphatic rings. The fourth-order valence-electron chi connectivity index (χ4n) is 5.32. The van der Waals surface area contributed by atoms with Crippen molar-refractivity contribution in [3.63, 3.8) is 0 Å². The minimum absolute atomic E-state index is 0.00335. The predicted molar refractivity (Wildman–Crippen MR) is 199 cm³/mol. The number of urea groups is 1. The van der Waals surface area contributed by atoms with Crippen LogP contribution in [0.5, 0.6) is 0 Å².